The molecule has 0 fully saturated rings. The van der Waals surface area contributed by atoms with Gasteiger partial charge in [0.2, 0.25) is 4.58 Å². The van der Waals surface area contributed by atoms with Gasteiger partial charge in [-0.05, 0) is 18.8 Å². The maximum Gasteiger partial charge on any atom is 0.441 e. The maximum atomic E-state index is 13.5. The first-order chi connectivity index (χ1) is 10.0. The number of carbonyl (C=O) groups excluding carboxylic acids is 1. The van der Waals surface area contributed by atoms with Crippen LogP contribution in [0.5, 0.6) is 0 Å². The van der Waals surface area contributed by atoms with E-state index in [0.717, 1.165) is 0 Å². The third-order valence-corrected chi connectivity index (χ3v) is 9.34. The Hall–Kier alpha value is -1.10. The van der Waals surface area contributed by atoms with Crippen LogP contribution in [0.3, 0.4) is 0 Å². The Morgan fingerprint density at radius 1 is 0.957 bits per heavy atom. The number of carboxylic acid groups (broad SMARTS) is 1. The summed E-state index contributed by atoms with van der Waals surface area (Å²) in [6, 6.07) is 0. The minimum Gasteiger partial charge on any atom is -0.476 e. The minimum absolute atomic E-state index is 0.523. The zero-order chi connectivity index (χ0) is 19.0. The molecule has 0 saturated heterocycles. The van der Waals surface area contributed by atoms with Crippen molar-refractivity contribution in [2.24, 2.45) is 11.8 Å². The van der Waals surface area contributed by atoms with Gasteiger partial charge in [-0.2, -0.15) is 8.78 Å². The lowest BCUT2D eigenvalue weighted by molar-refractivity contribution is -0.153. The molecule has 23 heavy (non-hydrogen) atoms. The molecule has 0 spiro atoms. The van der Waals surface area contributed by atoms with Crippen LogP contribution >= 0.6 is 0 Å². The molecule has 0 aromatic heterocycles. The van der Waals surface area contributed by atoms with Crippen molar-refractivity contribution in [3.8, 4) is 0 Å². The van der Waals surface area contributed by atoms with Crippen LogP contribution in [0, 0.1) is 11.8 Å². The smallest absolute Gasteiger partial charge is 0.441 e. The summed E-state index contributed by atoms with van der Waals surface area (Å²) in [5, 5.41) is 1.59. The lowest BCUT2D eigenvalue weighted by Crippen LogP contribution is -2.53. The van der Waals surface area contributed by atoms with Crippen molar-refractivity contribution < 1.29 is 40.3 Å². The number of carbonyl (C=O) groups is 2. The molecular formula is C12H20F2O7S2. The molecule has 0 saturated carbocycles. The maximum absolute atomic E-state index is 13.5. The summed E-state index contributed by atoms with van der Waals surface area (Å²) in [6.07, 6.45) is 0. The monoisotopic (exact) mass is 378 g/mol. The van der Waals surface area contributed by atoms with Gasteiger partial charge >= 0.3 is 11.2 Å². The number of rotatable bonds is 8. The summed E-state index contributed by atoms with van der Waals surface area (Å²) >= 11 is 0. The van der Waals surface area contributed by atoms with Gasteiger partial charge in [-0.15, -0.1) is 0 Å². The highest BCUT2D eigenvalue weighted by Gasteiger charge is 2.62. The minimum atomic E-state index is -6.14. The summed E-state index contributed by atoms with van der Waals surface area (Å²) in [4.78, 5) is 22.1. The normalized spacial score (nSPS) is 15.2. The zero-order valence-corrected chi connectivity index (χ0v) is 14.9. The molecule has 11 heteroatoms. The molecule has 0 heterocycles. The number of halogens is 2. The summed E-state index contributed by atoms with van der Waals surface area (Å²) in [7, 11) is -11.1. The Kier molecular flexibility index (Phi) is 6.47. The van der Waals surface area contributed by atoms with E-state index in [2.05, 4.69) is 0 Å². The molecule has 0 aliphatic rings. The van der Waals surface area contributed by atoms with Gasteiger partial charge in [0.1, 0.15) is 0 Å². The average molecular weight is 378 g/mol. The van der Waals surface area contributed by atoms with Crippen molar-refractivity contribution in [1.29, 1.82) is 0 Å². The van der Waals surface area contributed by atoms with Crippen LogP contribution in [0.1, 0.15) is 34.6 Å². The lowest BCUT2D eigenvalue weighted by Gasteiger charge is -2.29. The molecule has 0 amide bonds. The van der Waals surface area contributed by atoms with Crippen LogP contribution < -0.4 is 0 Å². The second-order valence-electron chi connectivity index (χ2n) is 5.85. The number of Topliss-reactive ketones (excluding diaryl/α,β-unsaturated/α-hetero) is 1. The average Bonchev–Trinajstić information content (AvgIpc) is 2.24. The van der Waals surface area contributed by atoms with Crippen molar-refractivity contribution in [2.75, 3.05) is 0 Å². The Balaban J connectivity index is 6.55. The third kappa shape index (κ3) is 3.87. The van der Waals surface area contributed by atoms with E-state index in [1.807, 2.05) is 0 Å². The van der Waals surface area contributed by atoms with E-state index in [1.165, 1.54) is 27.7 Å². The quantitative estimate of drug-likeness (QED) is 0.670. The van der Waals surface area contributed by atoms with E-state index in [-0.39, 0.29) is 0 Å². The molecule has 1 atom stereocenters. The molecule has 0 aliphatic carbocycles. The summed E-state index contributed by atoms with van der Waals surface area (Å²) in [5.41, 5.74) is 0. The van der Waals surface area contributed by atoms with Gasteiger partial charge in [0.05, 0.1) is 5.25 Å². The zero-order valence-electron chi connectivity index (χ0n) is 13.3. The fourth-order valence-electron chi connectivity index (χ4n) is 2.55. The van der Waals surface area contributed by atoms with E-state index in [4.69, 9.17) is 5.11 Å². The molecular weight excluding hydrogens is 358 g/mol. The second kappa shape index (κ2) is 6.80. The summed E-state index contributed by atoms with van der Waals surface area (Å²) < 4.78 is 72.8. The molecule has 0 aliphatic heterocycles. The van der Waals surface area contributed by atoms with Crippen molar-refractivity contribution in [1.82, 2.24) is 0 Å². The molecule has 0 rings (SSSR count). The summed E-state index contributed by atoms with van der Waals surface area (Å²) in [6.45, 7) is 6.25. The van der Waals surface area contributed by atoms with Crippen molar-refractivity contribution in [3.05, 3.63) is 0 Å². The molecule has 7 nitrogen and oxygen atoms in total. The SMILES string of the molecule is CC(=O)C(S(=O)(=O)C(C(C)C)C(C)C)S(=O)(=O)C(F)(F)C(=O)O. The van der Waals surface area contributed by atoms with Crippen LogP contribution in [0.15, 0.2) is 0 Å². The van der Waals surface area contributed by atoms with Crippen LogP contribution in [-0.2, 0) is 29.3 Å². The number of ketones is 1. The van der Waals surface area contributed by atoms with Crippen molar-refractivity contribution in [3.63, 3.8) is 0 Å². The molecule has 0 radical (unpaired) electrons. The van der Waals surface area contributed by atoms with Gasteiger partial charge in [0.15, 0.2) is 15.6 Å². The predicted octanol–water partition coefficient (Wildman–Crippen LogP) is 1.09. The van der Waals surface area contributed by atoms with Gasteiger partial charge < -0.3 is 5.11 Å². The highest BCUT2D eigenvalue weighted by molar-refractivity contribution is 8.11. The van der Waals surface area contributed by atoms with Gasteiger partial charge in [-0.1, -0.05) is 27.7 Å². The van der Waals surface area contributed by atoms with E-state index in [9.17, 15) is 35.2 Å². The summed E-state index contributed by atoms with van der Waals surface area (Å²) in [5.74, 6) is -5.95. The molecule has 1 unspecified atom stereocenters. The van der Waals surface area contributed by atoms with Gasteiger partial charge in [0, 0.05) is 0 Å². The van der Waals surface area contributed by atoms with E-state index in [1.54, 1.807) is 0 Å². The number of sulfone groups is 2. The number of carboxylic acids is 1. The van der Waals surface area contributed by atoms with Crippen molar-refractivity contribution >= 4 is 31.4 Å². The second-order valence-corrected chi connectivity index (χ2v) is 10.4. The van der Waals surface area contributed by atoms with Gasteiger partial charge in [-0.25, -0.2) is 21.6 Å². The fraction of sp³-hybridized carbons (Fsp3) is 0.833. The van der Waals surface area contributed by atoms with Crippen LogP contribution in [0.25, 0.3) is 0 Å². The number of hydrogen-bond donors (Lipinski definition) is 1. The number of alkyl halides is 2. The Labute approximate surface area is 133 Å². The van der Waals surface area contributed by atoms with Gasteiger partial charge in [0.25, 0.3) is 9.84 Å². The first-order valence-corrected chi connectivity index (χ1v) is 9.76. The van der Waals surface area contributed by atoms with E-state index < -0.39 is 58.3 Å². The first kappa shape index (κ1) is 21.9. The third-order valence-electron chi connectivity index (χ3n) is 3.21. The highest BCUT2D eigenvalue weighted by atomic mass is 32.3. The largest absolute Gasteiger partial charge is 0.476 e. The van der Waals surface area contributed by atoms with E-state index in [0.29, 0.717) is 6.92 Å². The Morgan fingerprint density at radius 3 is 1.52 bits per heavy atom. The highest BCUT2D eigenvalue weighted by Crippen LogP contribution is 2.34. The van der Waals surface area contributed by atoms with Gasteiger partial charge in [-0.3, -0.25) is 4.79 Å². The van der Waals surface area contributed by atoms with Crippen LogP contribution in [0.4, 0.5) is 8.78 Å². The predicted molar refractivity (Wildman–Crippen MR) is 78.4 cm³/mol. The molecule has 0 aromatic carbocycles. The van der Waals surface area contributed by atoms with Crippen LogP contribution in [-0.4, -0.2) is 48.8 Å². The van der Waals surface area contributed by atoms with Crippen molar-refractivity contribution in [2.45, 2.75) is 49.7 Å². The van der Waals surface area contributed by atoms with E-state index >= 15 is 0 Å². The van der Waals surface area contributed by atoms with Crippen LogP contribution in [0.2, 0.25) is 0 Å². The molecule has 0 aromatic rings. The molecule has 0 bridgehead atoms. The lowest BCUT2D eigenvalue weighted by atomic mass is 10.0. The topological polar surface area (TPSA) is 123 Å². The molecule has 1 N–H and O–H groups in total. The number of hydrogen-bond acceptors (Lipinski definition) is 6. The Morgan fingerprint density at radius 2 is 1.30 bits per heavy atom. The molecule has 136 valence electrons. The number of aliphatic carboxylic acids is 1. The Bertz CT molecular complexity index is 670. The standard InChI is InChI=1S/C12H20F2O7S2/c1-6(2)9(7(3)4)22(18,19)10(8(5)15)23(20,21)12(13,14)11(16)17/h6-7,9-10H,1-5H3,(H,16,17). The first-order valence-electron chi connectivity index (χ1n) is 6.60. The fourth-order valence-corrected chi connectivity index (χ4v) is 7.93.